The summed E-state index contributed by atoms with van der Waals surface area (Å²) in [6.45, 7) is -1.54. The molecule has 1 aromatic rings. The van der Waals surface area contributed by atoms with Gasteiger partial charge in [0.25, 0.3) is 0 Å². The first kappa shape index (κ1) is 15.6. The highest BCUT2D eigenvalue weighted by Crippen LogP contribution is 2.23. The van der Waals surface area contributed by atoms with Gasteiger partial charge < -0.3 is 9.84 Å². The first-order chi connectivity index (χ1) is 9.95. The zero-order valence-corrected chi connectivity index (χ0v) is 11.3. The molecule has 1 aliphatic rings. The number of halogens is 3. The Labute approximate surface area is 120 Å². The molecule has 1 unspecified atom stereocenters. The van der Waals surface area contributed by atoms with Crippen molar-refractivity contribution in [3.63, 3.8) is 0 Å². The quantitative estimate of drug-likeness (QED) is 0.908. The van der Waals surface area contributed by atoms with Gasteiger partial charge in [-0.05, 0) is 37.1 Å². The van der Waals surface area contributed by atoms with Crippen LogP contribution in [-0.2, 0) is 11.3 Å². The van der Waals surface area contributed by atoms with Crippen molar-refractivity contribution in [3.8, 4) is 5.75 Å². The first-order valence-corrected chi connectivity index (χ1v) is 6.64. The van der Waals surface area contributed by atoms with Crippen LogP contribution in [-0.4, -0.2) is 35.7 Å². The number of nitrogens with zero attached hydrogens (tertiary/aromatic N) is 1. The van der Waals surface area contributed by atoms with Crippen LogP contribution in [0.2, 0.25) is 0 Å². The second-order valence-electron chi connectivity index (χ2n) is 5.06. The van der Waals surface area contributed by atoms with E-state index in [4.69, 9.17) is 5.11 Å². The van der Waals surface area contributed by atoms with Gasteiger partial charge in [0.15, 0.2) is 11.6 Å². The lowest BCUT2D eigenvalue weighted by molar-refractivity contribution is -0.143. The average molecular weight is 303 g/mol. The van der Waals surface area contributed by atoms with Crippen LogP contribution in [0.25, 0.3) is 0 Å². The highest BCUT2D eigenvalue weighted by molar-refractivity contribution is 5.70. The highest BCUT2D eigenvalue weighted by atomic mass is 19.3. The summed E-state index contributed by atoms with van der Waals surface area (Å²) in [4.78, 5) is 12.9. The summed E-state index contributed by atoms with van der Waals surface area (Å²) >= 11 is 0. The van der Waals surface area contributed by atoms with Crippen molar-refractivity contribution in [2.45, 2.75) is 26.0 Å². The van der Waals surface area contributed by atoms with Gasteiger partial charge in [0, 0.05) is 13.1 Å². The van der Waals surface area contributed by atoms with Crippen molar-refractivity contribution >= 4 is 5.97 Å². The molecule has 1 atom stereocenters. The van der Waals surface area contributed by atoms with Crippen molar-refractivity contribution in [1.82, 2.24) is 4.90 Å². The van der Waals surface area contributed by atoms with Crippen LogP contribution in [0.4, 0.5) is 13.2 Å². The molecular weight excluding hydrogens is 287 g/mol. The zero-order chi connectivity index (χ0) is 15.4. The van der Waals surface area contributed by atoms with Gasteiger partial charge in [0.1, 0.15) is 0 Å². The van der Waals surface area contributed by atoms with Crippen LogP contribution in [0.1, 0.15) is 18.4 Å². The van der Waals surface area contributed by atoms with Gasteiger partial charge in [0.2, 0.25) is 0 Å². The normalized spacial score (nSPS) is 19.7. The first-order valence-electron chi connectivity index (χ1n) is 6.64. The Kier molecular flexibility index (Phi) is 5.06. The number of rotatable bonds is 5. The summed E-state index contributed by atoms with van der Waals surface area (Å²) in [6, 6.07) is 3.81. The molecule has 0 radical (unpaired) electrons. The minimum Gasteiger partial charge on any atom is -0.481 e. The number of ether oxygens (including phenoxy) is 1. The van der Waals surface area contributed by atoms with E-state index < -0.39 is 30.1 Å². The number of hydrogen-bond donors (Lipinski definition) is 1. The molecule has 0 bridgehead atoms. The third-order valence-corrected chi connectivity index (χ3v) is 3.47. The molecular formula is C14H16F3NO3. The van der Waals surface area contributed by atoms with Gasteiger partial charge in [-0.15, -0.1) is 0 Å². The maximum Gasteiger partial charge on any atom is 0.387 e. The molecule has 1 aliphatic heterocycles. The fourth-order valence-electron chi connectivity index (χ4n) is 2.49. The third-order valence-electron chi connectivity index (χ3n) is 3.47. The van der Waals surface area contributed by atoms with Crippen molar-refractivity contribution in [2.24, 2.45) is 5.92 Å². The van der Waals surface area contributed by atoms with E-state index in [9.17, 15) is 18.0 Å². The van der Waals surface area contributed by atoms with Gasteiger partial charge in [-0.3, -0.25) is 9.69 Å². The van der Waals surface area contributed by atoms with E-state index in [0.717, 1.165) is 25.1 Å². The Morgan fingerprint density at radius 3 is 2.86 bits per heavy atom. The molecule has 0 aromatic heterocycles. The molecule has 7 heteroatoms. The van der Waals surface area contributed by atoms with E-state index in [1.54, 1.807) is 0 Å². The minimum atomic E-state index is -3.07. The SMILES string of the molecule is O=C(O)C1CCCN(Cc2ccc(OC(F)F)c(F)c2)C1. The number of hydrogen-bond acceptors (Lipinski definition) is 3. The van der Waals surface area contributed by atoms with Crippen LogP contribution < -0.4 is 4.74 Å². The van der Waals surface area contributed by atoms with Crippen LogP contribution in [0, 0.1) is 11.7 Å². The van der Waals surface area contributed by atoms with E-state index in [1.165, 1.54) is 6.07 Å². The lowest BCUT2D eigenvalue weighted by Gasteiger charge is -2.30. The highest BCUT2D eigenvalue weighted by Gasteiger charge is 2.25. The fraction of sp³-hybridized carbons (Fsp3) is 0.500. The van der Waals surface area contributed by atoms with E-state index in [2.05, 4.69) is 4.74 Å². The van der Waals surface area contributed by atoms with Gasteiger partial charge in [-0.2, -0.15) is 8.78 Å². The van der Waals surface area contributed by atoms with Crippen molar-refractivity contribution in [2.75, 3.05) is 13.1 Å². The van der Waals surface area contributed by atoms with Crippen LogP contribution >= 0.6 is 0 Å². The maximum absolute atomic E-state index is 13.6. The third kappa shape index (κ3) is 4.35. The Hall–Kier alpha value is -1.76. The Morgan fingerprint density at radius 2 is 2.24 bits per heavy atom. The number of carboxylic acids is 1. The summed E-state index contributed by atoms with van der Waals surface area (Å²) in [7, 11) is 0. The second-order valence-corrected chi connectivity index (χ2v) is 5.06. The summed E-state index contributed by atoms with van der Waals surface area (Å²) in [5.41, 5.74) is 0.597. The topological polar surface area (TPSA) is 49.8 Å². The summed E-state index contributed by atoms with van der Waals surface area (Å²) in [6.07, 6.45) is 1.41. The Morgan fingerprint density at radius 1 is 1.48 bits per heavy atom. The number of alkyl halides is 2. The van der Waals surface area contributed by atoms with Gasteiger partial charge in [-0.1, -0.05) is 6.07 Å². The molecule has 1 saturated heterocycles. The van der Waals surface area contributed by atoms with Crippen LogP contribution in [0.15, 0.2) is 18.2 Å². The number of aliphatic carboxylic acids is 1. The number of carboxylic acid groups (broad SMARTS) is 1. The van der Waals surface area contributed by atoms with Crippen molar-refractivity contribution in [1.29, 1.82) is 0 Å². The second kappa shape index (κ2) is 6.80. The number of benzene rings is 1. The Balaban J connectivity index is 1.99. The Bertz CT molecular complexity index is 510. The molecule has 0 aliphatic carbocycles. The number of carbonyl (C=O) groups is 1. The largest absolute Gasteiger partial charge is 0.481 e. The summed E-state index contributed by atoms with van der Waals surface area (Å²) in [5.74, 6) is -2.58. The van der Waals surface area contributed by atoms with Crippen molar-refractivity contribution in [3.05, 3.63) is 29.6 Å². The molecule has 4 nitrogen and oxygen atoms in total. The molecule has 21 heavy (non-hydrogen) atoms. The zero-order valence-electron chi connectivity index (χ0n) is 11.3. The van der Waals surface area contributed by atoms with E-state index in [-0.39, 0.29) is 0 Å². The maximum atomic E-state index is 13.6. The molecule has 1 N–H and O–H groups in total. The van der Waals surface area contributed by atoms with Gasteiger partial charge >= 0.3 is 12.6 Å². The fourth-order valence-corrected chi connectivity index (χ4v) is 2.49. The smallest absolute Gasteiger partial charge is 0.387 e. The predicted molar refractivity (Wildman–Crippen MR) is 68.7 cm³/mol. The molecule has 0 spiro atoms. The average Bonchev–Trinajstić information content (AvgIpc) is 2.42. The molecule has 116 valence electrons. The number of likely N-dealkylation sites (tertiary alicyclic amines) is 1. The van der Waals surface area contributed by atoms with Gasteiger partial charge in [0.05, 0.1) is 5.92 Å². The van der Waals surface area contributed by atoms with Crippen molar-refractivity contribution < 1.29 is 27.8 Å². The molecule has 0 saturated carbocycles. The lowest BCUT2D eigenvalue weighted by atomic mass is 9.98. The minimum absolute atomic E-state index is 0.385. The standard InChI is InChI=1S/C14H16F3NO3/c15-11-6-9(3-4-12(11)21-14(16)17)7-18-5-1-2-10(8-18)13(19)20/h3-4,6,10,14H,1-2,5,7-8H2,(H,19,20). The predicted octanol–water partition coefficient (Wildman–Crippen LogP) is 2.72. The summed E-state index contributed by atoms with van der Waals surface area (Å²) in [5, 5.41) is 9.01. The van der Waals surface area contributed by atoms with E-state index >= 15 is 0 Å². The molecule has 1 heterocycles. The molecule has 1 fully saturated rings. The molecule has 0 amide bonds. The molecule has 1 aromatic carbocycles. The molecule has 2 rings (SSSR count). The van der Waals surface area contributed by atoms with Gasteiger partial charge in [-0.25, -0.2) is 4.39 Å². The van der Waals surface area contributed by atoms with Crippen LogP contribution in [0.3, 0.4) is 0 Å². The lowest BCUT2D eigenvalue weighted by Crippen LogP contribution is -2.38. The number of piperidine rings is 1. The van der Waals surface area contributed by atoms with E-state index in [1.807, 2.05) is 4.90 Å². The van der Waals surface area contributed by atoms with Crippen LogP contribution in [0.5, 0.6) is 5.75 Å². The monoisotopic (exact) mass is 303 g/mol. The summed E-state index contributed by atoms with van der Waals surface area (Å²) < 4.78 is 41.7. The van der Waals surface area contributed by atoms with E-state index in [0.29, 0.717) is 25.1 Å².